The van der Waals surface area contributed by atoms with Crippen LogP contribution in [0, 0.1) is 5.82 Å². The van der Waals surface area contributed by atoms with Crippen LogP contribution in [0.25, 0.3) is 0 Å². The van der Waals surface area contributed by atoms with Crippen molar-refractivity contribution in [1.29, 1.82) is 0 Å². The fraction of sp³-hybridized carbons (Fsp3) is 0.294. The van der Waals surface area contributed by atoms with Crippen LogP contribution in [0.15, 0.2) is 48.8 Å². The third kappa shape index (κ3) is 2.99. The Morgan fingerprint density at radius 1 is 1.32 bits per heavy atom. The van der Waals surface area contributed by atoms with Gasteiger partial charge in [-0.2, -0.15) is 0 Å². The summed E-state index contributed by atoms with van der Waals surface area (Å²) in [6, 6.07) is 8.89. The molecule has 2 atom stereocenters. The Labute approximate surface area is 128 Å². The molecule has 0 bridgehead atoms. The molecule has 2 aromatic rings. The first kappa shape index (κ1) is 14.7. The Morgan fingerprint density at radius 2 is 2.09 bits per heavy atom. The highest BCUT2D eigenvalue weighted by Crippen LogP contribution is 2.33. The van der Waals surface area contributed by atoms with Gasteiger partial charge in [-0.1, -0.05) is 18.2 Å². The summed E-state index contributed by atoms with van der Waals surface area (Å²) in [7, 11) is 0. The zero-order valence-electron chi connectivity index (χ0n) is 12.0. The number of pyridine rings is 1. The number of likely N-dealkylation sites (tertiary alicyclic amines) is 1. The second kappa shape index (κ2) is 6.23. The number of benzene rings is 1. The van der Waals surface area contributed by atoms with Crippen LogP contribution in [-0.4, -0.2) is 34.0 Å². The zero-order valence-corrected chi connectivity index (χ0v) is 12.0. The topological polar surface area (TPSA) is 53.4 Å². The first-order chi connectivity index (χ1) is 10.6. The maximum absolute atomic E-state index is 13.0. The van der Waals surface area contributed by atoms with E-state index in [-0.39, 0.29) is 11.7 Å². The van der Waals surface area contributed by atoms with Gasteiger partial charge in [-0.15, -0.1) is 0 Å². The van der Waals surface area contributed by atoms with Crippen molar-refractivity contribution >= 4 is 5.97 Å². The van der Waals surface area contributed by atoms with Gasteiger partial charge >= 0.3 is 5.97 Å². The van der Waals surface area contributed by atoms with Crippen LogP contribution in [0.2, 0.25) is 0 Å². The molecule has 1 aliphatic heterocycles. The third-order valence-electron chi connectivity index (χ3n) is 4.16. The maximum Gasteiger partial charge on any atom is 0.325 e. The average Bonchev–Trinajstić information content (AvgIpc) is 2.99. The molecule has 4 nitrogen and oxygen atoms in total. The highest BCUT2D eigenvalue weighted by atomic mass is 19.1. The molecule has 1 aromatic heterocycles. The third-order valence-corrected chi connectivity index (χ3v) is 4.16. The van der Waals surface area contributed by atoms with Crippen LogP contribution in [0.5, 0.6) is 0 Å². The van der Waals surface area contributed by atoms with Gasteiger partial charge in [-0.25, -0.2) is 4.39 Å². The average molecular weight is 300 g/mol. The number of rotatable bonds is 4. The summed E-state index contributed by atoms with van der Waals surface area (Å²) in [6.45, 7) is 1.37. The largest absolute Gasteiger partial charge is 0.480 e. The lowest BCUT2D eigenvalue weighted by Crippen LogP contribution is -2.32. The molecular weight excluding hydrogens is 283 g/mol. The summed E-state index contributed by atoms with van der Waals surface area (Å²) in [6.07, 6.45) is 4.47. The van der Waals surface area contributed by atoms with Crippen molar-refractivity contribution in [1.82, 2.24) is 9.88 Å². The van der Waals surface area contributed by atoms with E-state index < -0.39 is 12.0 Å². The van der Waals surface area contributed by atoms with E-state index >= 15 is 0 Å². The number of hydrogen-bond acceptors (Lipinski definition) is 3. The van der Waals surface area contributed by atoms with E-state index in [9.17, 15) is 14.3 Å². The Bertz CT molecular complexity index is 645. The molecule has 2 heterocycles. The standard InChI is InChI=1S/C17H17FN2O2/c18-15-5-3-12(4-6-15)16(17(21)22)20-9-7-14(11-20)13-2-1-8-19-10-13/h1-6,8,10,14,16H,7,9,11H2,(H,21,22). The van der Waals surface area contributed by atoms with E-state index in [0.29, 0.717) is 18.7 Å². The lowest BCUT2D eigenvalue weighted by atomic mass is 10.0. The van der Waals surface area contributed by atoms with Crippen LogP contribution in [0.1, 0.15) is 29.5 Å². The Balaban J connectivity index is 1.79. The van der Waals surface area contributed by atoms with Crippen LogP contribution < -0.4 is 0 Å². The lowest BCUT2D eigenvalue weighted by molar-refractivity contribution is -0.143. The number of carboxylic acid groups (broad SMARTS) is 1. The maximum atomic E-state index is 13.0. The summed E-state index contributed by atoms with van der Waals surface area (Å²) < 4.78 is 13.0. The second-order valence-corrected chi connectivity index (χ2v) is 5.56. The number of carbonyl (C=O) groups is 1. The smallest absolute Gasteiger partial charge is 0.325 e. The van der Waals surface area contributed by atoms with Gasteiger partial charge in [0.05, 0.1) is 0 Å². The normalized spacial score (nSPS) is 20.0. The van der Waals surface area contributed by atoms with Gasteiger partial charge in [-0.05, 0) is 48.2 Å². The van der Waals surface area contributed by atoms with Crippen molar-refractivity contribution < 1.29 is 14.3 Å². The van der Waals surface area contributed by atoms with Crippen molar-refractivity contribution in [3.05, 3.63) is 65.7 Å². The summed E-state index contributed by atoms with van der Waals surface area (Å²) in [5, 5.41) is 9.57. The molecule has 1 N–H and O–H groups in total. The molecule has 0 spiro atoms. The van der Waals surface area contributed by atoms with E-state index in [2.05, 4.69) is 4.98 Å². The van der Waals surface area contributed by atoms with Gasteiger partial charge in [0.15, 0.2) is 0 Å². The molecule has 0 aliphatic carbocycles. The van der Waals surface area contributed by atoms with Gasteiger partial charge in [-0.3, -0.25) is 14.7 Å². The Kier molecular flexibility index (Phi) is 4.15. The van der Waals surface area contributed by atoms with E-state index in [1.54, 1.807) is 18.3 Å². The van der Waals surface area contributed by atoms with Crippen LogP contribution in [0.3, 0.4) is 0 Å². The molecular formula is C17H17FN2O2. The minimum absolute atomic E-state index is 0.288. The molecule has 1 saturated heterocycles. The molecule has 1 aromatic carbocycles. The lowest BCUT2D eigenvalue weighted by Gasteiger charge is -2.24. The van der Waals surface area contributed by atoms with Gasteiger partial charge in [0.2, 0.25) is 0 Å². The van der Waals surface area contributed by atoms with Crippen molar-refractivity contribution in [3.63, 3.8) is 0 Å². The van der Waals surface area contributed by atoms with Crippen molar-refractivity contribution in [3.8, 4) is 0 Å². The Morgan fingerprint density at radius 3 is 2.73 bits per heavy atom. The van der Waals surface area contributed by atoms with Crippen LogP contribution in [-0.2, 0) is 4.79 Å². The van der Waals surface area contributed by atoms with Crippen molar-refractivity contribution in [2.45, 2.75) is 18.4 Å². The SMILES string of the molecule is O=C(O)C(c1ccc(F)cc1)N1CCC(c2cccnc2)C1. The fourth-order valence-corrected chi connectivity index (χ4v) is 3.07. The van der Waals surface area contributed by atoms with Gasteiger partial charge in [0.25, 0.3) is 0 Å². The van der Waals surface area contributed by atoms with Gasteiger partial charge in [0, 0.05) is 18.9 Å². The molecule has 5 heteroatoms. The molecule has 2 unspecified atom stereocenters. The molecule has 0 saturated carbocycles. The van der Waals surface area contributed by atoms with Crippen LogP contribution in [0.4, 0.5) is 4.39 Å². The summed E-state index contributed by atoms with van der Waals surface area (Å²) >= 11 is 0. The summed E-state index contributed by atoms with van der Waals surface area (Å²) in [4.78, 5) is 17.7. The minimum Gasteiger partial charge on any atom is -0.480 e. The predicted octanol–water partition coefficient (Wildman–Crippen LogP) is 2.84. The van der Waals surface area contributed by atoms with Crippen molar-refractivity contribution in [2.24, 2.45) is 0 Å². The predicted molar refractivity (Wildman–Crippen MR) is 79.9 cm³/mol. The van der Waals surface area contributed by atoms with E-state index in [4.69, 9.17) is 0 Å². The first-order valence-electron chi connectivity index (χ1n) is 7.27. The summed E-state index contributed by atoms with van der Waals surface area (Å²) in [5.74, 6) is -0.975. The number of nitrogens with zero attached hydrogens (tertiary/aromatic N) is 2. The van der Waals surface area contributed by atoms with Gasteiger partial charge in [0.1, 0.15) is 11.9 Å². The number of aliphatic carboxylic acids is 1. The number of carboxylic acids is 1. The highest BCUT2D eigenvalue weighted by Gasteiger charge is 2.34. The number of hydrogen-bond donors (Lipinski definition) is 1. The highest BCUT2D eigenvalue weighted by molar-refractivity contribution is 5.75. The molecule has 3 rings (SSSR count). The monoisotopic (exact) mass is 300 g/mol. The van der Waals surface area contributed by atoms with E-state index in [1.165, 1.54) is 12.1 Å². The van der Waals surface area contributed by atoms with Crippen molar-refractivity contribution in [2.75, 3.05) is 13.1 Å². The number of aromatic nitrogens is 1. The molecule has 0 amide bonds. The van der Waals surface area contributed by atoms with Gasteiger partial charge < -0.3 is 5.11 Å². The molecule has 114 valence electrons. The molecule has 22 heavy (non-hydrogen) atoms. The van der Waals surface area contributed by atoms with E-state index in [0.717, 1.165) is 12.0 Å². The van der Waals surface area contributed by atoms with E-state index in [1.807, 2.05) is 23.2 Å². The first-order valence-corrected chi connectivity index (χ1v) is 7.27. The minimum atomic E-state index is -0.904. The Hall–Kier alpha value is -2.27. The number of halogens is 1. The fourth-order valence-electron chi connectivity index (χ4n) is 3.07. The summed E-state index contributed by atoms with van der Waals surface area (Å²) in [5.41, 5.74) is 1.74. The zero-order chi connectivity index (χ0) is 15.5. The molecule has 1 fully saturated rings. The van der Waals surface area contributed by atoms with Crippen LogP contribution >= 0.6 is 0 Å². The molecule has 1 aliphatic rings. The quantitative estimate of drug-likeness (QED) is 0.943. The second-order valence-electron chi connectivity index (χ2n) is 5.56. The molecule has 0 radical (unpaired) electrons.